The van der Waals surface area contributed by atoms with Crippen LogP contribution in [-0.2, 0) is 16.3 Å². The molecule has 5 heteroatoms. The maximum Gasteiger partial charge on any atom is 0.150 e. The molecule has 0 saturated carbocycles. The number of aryl methyl sites for hydroxylation is 1. The SMILES string of the molecule is CCNC(CCCS(=O)(=O)CC)c1ccoc1CC. The maximum atomic E-state index is 11.5. The predicted octanol–water partition coefficient (Wildman–Crippen LogP) is 2.71. The highest BCUT2D eigenvalue weighted by atomic mass is 32.2. The van der Waals surface area contributed by atoms with E-state index in [4.69, 9.17) is 4.42 Å². The second kappa shape index (κ2) is 7.70. The van der Waals surface area contributed by atoms with E-state index < -0.39 is 9.84 Å². The fourth-order valence-corrected chi connectivity index (χ4v) is 3.11. The molecule has 1 heterocycles. The molecule has 0 saturated heterocycles. The van der Waals surface area contributed by atoms with Gasteiger partial charge in [0.15, 0.2) is 0 Å². The van der Waals surface area contributed by atoms with Gasteiger partial charge < -0.3 is 9.73 Å². The molecule has 19 heavy (non-hydrogen) atoms. The predicted molar refractivity (Wildman–Crippen MR) is 78.1 cm³/mol. The van der Waals surface area contributed by atoms with Crippen LogP contribution in [0, 0.1) is 0 Å². The summed E-state index contributed by atoms with van der Waals surface area (Å²) in [5.41, 5.74) is 1.17. The van der Waals surface area contributed by atoms with Gasteiger partial charge in [0.05, 0.1) is 12.0 Å². The van der Waals surface area contributed by atoms with Crippen LogP contribution in [0.3, 0.4) is 0 Å². The fourth-order valence-electron chi connectivity index (χ4n) is 2.21. The summed E-state index contributed by atoms with van der Waals surface area (Å²) in [6, 6.07) is 2.17. The summed E-state index contributed by atoms with van der Waals surface area (Å²) >= 11 is 0. The van der Waals surface area contributed by atoms with E-state index in [1.54, 1.807) is 13.2 Å². The molecule has 1 unspecified atom stereocenters. The Morgan fingerprint density at radius 3 is 2.63 bits per heavy atom. The molecule has 0 radical (unpaired) electrons. The smallest absolute Gasteiger partial charge is 0.150 e. The third kappa shape index (κ3) is 4.99. The second-order valence-electron chi connectivity index (χ2n) is 4.64. The molecule has 0 spiro atoms. The minimum Gasteiger partial charge on any atom is -0.469 e. The van der Waals surface area contributed by atoms with Crippen molar-refractivity contribution in [3.63, 3.8) is 0 Å². The Kier molecular flexibility index (Phi) is 6.58. The van der Waals surface area contributed by atoms with Crippen molar-refractivity contribution in [1.82, 2.24) is 5.32 Å². The van der Waals surface area contributed by atoms with Crippen molar-refractivity contribution in [2.24, 2.45) is 0 Å². The Balaban J connectivity index is 2.64. The second-order valence-corrected chi connectivity index (χ2v) is 7.11. The molecule has 110 valence electrons. The van der Waals surface area contributed by atoms with Gasteiger partial charge in [-0.25, -0.2) is 8.42 Å². The van der Waals surface area contributed by atoms with Crippen LogP contribution in [0.1, 0.15) is 51.0 Å². The molecule has 1 N–H and O–H groups in total. The molecule has 0 bridgehead atoms. The number of hydrogen-bond donors (Lipinski definition) is 1. The Bertz CT molecular complexity index is 465. The first-order valence-corrected chi connectivity index (χ1v) is 8.86. The van der Waals surface area contributed by atoms with E-state index in [0.717, 1.165) is 25.1 Å². The molecule has 1 aromatic heterocycles. The standard InChI is InChI=1S/C14H25NO3S/c1-4-14-12(9-10-18-14)13(15-5-2)8-7-11-19(16,17)6-3/h9-10,13,15H,4-8,11H2,1-3H3. The van der Waals surface area contributed by atoms with Crippen molar-refractivity contribution in [3.05, 3.63) is 23.7 Å². The first kappa shape index (κ1) is 16.2. The fraction of sp³-hybridized carbons (Fsp3) is 0.714. The maximum absolute atomic E-state index is 11.5. The van der Waals surface area contributed by atoms with Crippen molar-refractivity contribution < 1.29 is 12.8 Å². The molecule has 4 nitrogen and oxygen atoms in total. The highest BCUT2D eigenvalue weighted by Crippen LogP contribution is 2.24. The Morgan fingerprint density at radius 2 is 2.05 bits per heavy atom. The zero-order valence-corrected chi connectivity index (χ0v) is 12.9. The van der Waals surface area contributed by atoms with Gasteiger partial charge in [-0.2, -0.15) is 0 Å². The van der Waals surface area contributed by atoms with Gasteiger partial charge in [0.2, 0.25) is 0 Å². The van der Waals surface area contributed by atoms with Gasteiger partial charge in [-0.15, -0.1) is 0 Å². The van der Waals surface area contributed by atoms with E-state index in [1.165, 1.54) is 5.56 Å². The van der Waals surface area contributed by atoms with Gasteiger partial charge in [0.25, 0.3) is 0 Å². The average molecular weight is 287 g/mol. The van der Waals surface area contributed by atoms with Crippen LogP contribution in [-0.4, -0.2) is 26.5 Å². The van der Waals surface area contributed by atoms with Crippen molar-refractivity contribution in [3.8, 4) is 0 Å². The molecule has 1 rings (SSSR count). The van der Waals surface area contributed by atoms with Gasteiger partial charge in [-0.3, -0.25) is 0 Å². The van der Waals surface area contributed by atoms with Crippen LogP contribution < -0.4 is 5.32 Å². The summed E-state index contributed by atoms with van der Waals surface area (Å²) < 4.78 is 28.5. The third-order valence-electron chi connectivity index (χ3n) is 3.31. The zero-order chi connectivity index (χ0) is 14.3. The zero-order valence-electron chi connectivity index (χ0n) is 12.1. The molecular weight excluding hydrogens is 262 g/mol. The van der Waals surface area contributed by atoms with Gasteiger partial charge in [0.1, 0.15) is 15.6 Å². The molecular formula is C14H25NO3S. The number of furan rings is 1. The quantitative estimate of drug-likeness (QED) is 0.758. The van der Waals surface area contributed by atoms with E-state index in [9.17, 15) is 8.42 Å². The monoisotopic (exact) mass is 287 g/mol. The van der Waals surface area contributed by atoms with Gasteiger partial charge >= 0.3 is 0 Å². The first-order chi connectivity index (χ1) is 9.04. The highest BCUT2D eigenvalue weighted by molar-refractivity contribution is 7.91. The van der Waals surface area contributed by atoms with Crippen LogP contribution in [0.25, 0.3) is 0 Å². The van der Waals surface area contributed by atoms with Crippen molar-refractivity contribution >= 4 is 9.84 Å². The van der Waals surface area contributed by atoms with Gasteiger partial charge in [0, 0.05) is 23.8 Å². The lowest BCUT2D eigenvalue weighted by Crippen LogP contribution is -2.22. The summed E-state index contributed by atoms with van der Waals surface area (Å²) in [5.74, 6) is 1.49. The summed E-state index contributed by atoms with van der Waals surface area (Å²) in [6.45, 7) is 6.68. The summed E-state index contributed by atoms with van der Waals surface area (Å²) in [6.07, 6.45) is 4.07. The van der Waals surface area contributed by atoms with E-state index in [2.05, 4.69) is 19.2 Å². The minimum atomic E-state index is -2.87. The summed E-state index contributed by atoms with van der Waals surface area (Å²) in [4.78, 5) is 0. The van der Waals surface area contributed by atoms with Crippen LogP contribution in [0.4, 0.5) is 0 Å². The lowest BCUT2D eigenvalue weighted by Gasteiger charge is -2.17. The van der Waals surface area contributed by atoms with Gasteiger partial charge in [-0.1, -0.05) is 20.8 Å². The van der Waals surface area contributed by atoms with Crippen LogP contribution in [0.5, 0.6) is 0 Å². The number of sulfone groups is 1. The topological polar surface area (TPSA) is 59.3 Å². The molecule has 0 fully saturated rings. The van der Waals surface area contributed by atoms with Gasteiger partial charge in [-0.05, 0) is 25.5 Å². The largest absolute Gasteiger partial charge is 0.469 e. The molecule has 1 aromatic rings. The molecule has 0 aliphatic carbocycles. The molecule has 0 aliphatic rings. The lowest BCUT2D eigenvalue weighted by molar-refractivity contribution is 0.471. The Hall–Kier alpha value is -0.810. The Labute approximate surface area is 116 Å². The third-order valence-corrected chi connectivity index (χ3v) is 5.11. The van der Waals surface area contributed by atoms with E-state index >= 15 is 0 Å². The normalized spacial score (nSPS) is 13.6. The lowest BCUT2D eigenvalue weighted by atomic mass is 10.0. The van der Waals surface area contributed by atoms with Crippen LogP contribution in [0.15, 0.2) is 16.7 Å². The van der Waals surface area contributed by atoms with Crippen molar-refractivity contribution in [2.75, 3.05) is 18.1 Å². The number of rotatable bonds is 9. The average Bonchev–Trinajstić information content (AvgIpc) is 2.85. The van der Waals surface area contributed by atoms with E-state index in [-0.39, 0.29) is 17.5 Å². The van der Waals surface area contributed by atoms with E-state index in [0.29, 0.717) is 6.42 Å². The highest BCUT2D eigenvalue weighted by Gasteiger charge is 2.17. The molecule has 0 amide bonds. The Morgan fingerprint density at radius 1 is 1.32 bits per heavy atom. The van der Waals surface area contributed by atoms with E-state index in [1.807, 2.05) is 6.07 Å². The van der Waals surface area contributed by atoms with Crippen molar-refractivity contribution in [2.45, 2.75) is 46.1 Å². The van der Waals surface area contributed by atoms with Crippen molar-refractivity contribution in [1.29, 1.82) is 0 Å². The first-order valence-electron chi connectivity index (χ1n) is 7.04. The molecule has 0 aliphatic heterocycles. The summed E-state index contributed by atoms with van der Waals surface area (Å²) in [7, 11) is -2.87. The van der Waals surface area contributed by atoms with Crippen LogP contribution in [0.2, 0.25) is 0 Å². The molecule has 1 atom stereocenters. The van der Waals surface area contributed by atoms with Crippen LogP contribution >= 0.6 is 0 Å². The number of hydrogen-bond acceptors (Lipinski definition) is 4. The molecule has 0 aromatic carbocycles. The number of nitrogens with one attached hydrogen (secondary N) is 1. The summed E-state index contributed by atoms with van der Waals surface area (Å²) in [5, 5.41) is 3.41. The minimum absolute atomic E-state index is 0.186.